The van der Waals surface area contributed by atoms with Crippen LogP contribution in [0.1, 0.15) is 18.7 Å². The summed E-state index contributed by atoms with van der Waals surface area (Å²) in [5.74, 6) is 0.950. The first-order chi connectivity index (χ1) is 9.97. The fourth-order valence-corrected chi connectivity index (χ4v) is 2.74. The number of hydrogen-bond acceptors (Lipinski definition) is 5. The van der Waals surface area contributed by atoms with Crippen molar-refractivity contribution in [2.75, 3.05) is 25.0 Å². The molecule has 0 radical (unpaired) electrons. The fraction of sp³-hybridized carbons (Fsp3) is 0.583. The number of aromatic nitrogens is 2. The third-order valence-electron chi connectivity index (χ3n) is 3.58. The quantitative estimate of drug-likeness (QED) is 0.791. The van der Waals surface area contributed by atoms with Gasteiger partial charge >= 0.3 is 6.09 Å². The van der Waals surface area contributed by atoms with Gasteiger partial charge in [-0.3, -0.25) is 0 Å². The van der Waals surface area contributed by atoms with E-state index in [1.54, 1.807) is 19.3 Å². The molecule has 0 bridgehead atoms. The van der Waals surface area contributed by atoms with Crippen molar-refractivity contribution >= 4 is 23.0 Å². The molecule has 116 valence electrons. The van der Waals surface area contributed by atoms with E-state index in [1.165, 1.54) is 4.90 Å². The maximum absolute atomic E-state index is 10.9. The normalized spacial score (nSPS) is 17.5. The van der Waals surface area contributed by atoms with Crippen LogP contribution in [0.4, 0.5) is 10.6 Å². The van der Waals surface area contributed by atoms with Crippen LogP contribution in [0.5, 0.6) is 0 Å². The smallest absolute Gasteiger partial charge is 0.407 e. The molecule has 1 aliphatic heterocycles. The number of amides is 1. The van der Waals surface area contributed by atoms with Crippen LogP contribution >= 0.6 is 0 Å². The maximum Gasteiger partial charge on any atom is 0.407 e. The van der Waals surface area contributed by atoms with E-state index >= 15 is 0 Å². The topological polar surface area (TPSA) is 107 Å². The SMILES string of the molecule is CN(C(=O)O)C1CCN(c2ccnc(CS(=O)O)n2)CC1. The Balaban J connectivity index is 1.99. The fourth-order valence-electron chi connectivity index (χ4n) is 2.38. The Bertz CT molecular complexity index is 534. The highest BCUT2D eigenvalue weighted by molar-refractivity contribution is 7.78. The van der Waals surface area contributed by atoms with E-state index in [1.807, 2.05) is 4.90 Å². The van der Waals surface area contributed by atoms with Gasteiger partial charge in [0.2, 0.25) is 0 Å². The lowest BCUT2D eigenvalue weighted by atomic mass is 10.0. The lowest BCUT2D eigenvalue weighted by Crippen LogP contribution is -2.45. The van der Waals surface area contributed by atoms with Crippen molar-refractivity contribution in [3.63, 3.8) is 0 Å². The van der Waals surface area contributed by atoms with E-state index in [4.69, 9.17) is 9.66 Å². The molecule has 1 saturated heterocycles. The standard InChI is InChI=1S/C12H18N4O4S/c1-15(12(17)18)9-3-6-16(7-4-9)11-2-5-13-10(14-11)8-21(19)20/h2,5,9H,3-4,6-8H2,1H3,(H,17,18)(H,19,20). The van der Waals surface area contributed by atoms with Gasteiger partial charge in [-0.1, -0.05) is 0 Å². The zero-order valence-electron chi connectivity index (χ0n) is 11.7. The van der Waals surface area contributed by atoms with Crippen LogP contribution in [0.15, 0.2) is 12.3 Å². The third kappa shape index (κ3) is 4.11. The van der Waals surface area contributed by atoms with E-state index in [0.717, 1.165) is 12.8 Å². The van der Waals surface area contributed by atoms with Gasteiger partial charge in [-0.05, 0) is 18.9 Å². The minimum absolute atomic E-state index is 0.0185. The van der Waals surface area contributed by atoms with E-state index in [0.29, 0.717) is 24.7 Å². The van der Waals surface area contributed by atoms with Gasteiger partial charge in [0.1, 0.15) is 17.4 Å². The Hall–Kier alpha value is -1.74. The summed E-state index contributed by atoms with van der Waals surface area (Å²) < 4.78 is 19.7. The number of piperidine rings is 1. The van der Waals surface area contributed by atoms with Gasteiger partial charge in [-0.2, -0.15) is 0 Å². The summed E-state index contributed by atoms with van der Waals surface area (Å²) in [6, 6.07) is 1.77. The first kappa shape index (κ1) is 15.6. The molecule has 1 amide bonds. The zero-order chi connectivity index (χ0) is 15.4. The first-order valence-electron chi connectivity index (χ1n) is 6.57. The zero-order valence-corrected chi connectivity index (χ0v) is 12.5. The van der Waals surface area contributed by atoms with Crippen LogP contribution in [0.25, 0.3) is 0 Å². The van der Waals surface area contributed by atoms with Crippen molar-refractivity contribution in [3.8, 4) is 0 Å². The summed E-state index contributed by atoms with van der Waals surface area (Å²) in [5.41, 5.74) is 0. The molecule has 2 rings (SSSR count). The molecule has 1 unspecified atom stereocenters. The number of nitrogens with zero attached hydrogens (tertiary/aromatic N) is 4. The monoisotopic (exact) mass is 314 g/mol. The van der Waals surface area contributed by atoms with Gasteiger partial charge in [0.15, 0.2) is 11.1 Å². The average molecular weight is 314 g/mol. The first-order valence-corrected chi connectivity index (χ1v) is 7.85. The summed E-state index contributed by atoms with van der Waals surface area (Å²) in [6.45, 7) is 1.39. The van der Waals surface area contributed by atoms with Crippen molar-refractivity contribution < 1.29 is 18.7 Å². The molecule has 0 aromatic carbocycles. The molecule has 1 aromatic heterocycles. The van der Waals surface area contributed by atoms with Crippen molar-refractivity contribution in [1.29, 1.82) is 0 Å². The Morgan fingerprint density at radius 2 is 2.19 bits per heavy atom. The highest BCUT2D eigenvalue weighted by Gasteiger charge is 2.25. The third-order valence-corrected chi connectivity index (χ3v) is 4.09. The Kier molecular flexibility index (Phi) is 5.07. The van der Waals surface area contributed by atoms with Crippen LogP contribution in [-0.4, -0.2) is 61.0 Å². The number of carbonyl (C=O) groups is 1. The summed E-state index contributed by atoms with van der Waals surface area (Å²) in [5, 5.41) is 8.98. The van der Waals surface area contributed by atoms with E-state index in [9.17, 15) is 9.00 Å². The molecule has 2 N–H and O–H groups in total. The summed E-state index contributed by atoms with van der Waals surface area (Å²) in [7, 11) is 1.59. The minimum Gasteiger partial charge on any atom is -0.465 e. The summed E-state index contributed by atoms with van der Waals surface area (Å²) >= 11 is -1.96. The number of carboxylic acid groups (broad SMARTS) is 1. The molecule has 8 nitrogen and oxygen atoms in total. The van der Waals surface area contributed by atoms with Crippen LogP contribution < -0.4 is 4.90 Å². The molecule has 1 atom stereocenters. The number of rotatable bonds is 4. The van der Waals surface area contributed by atoms with E-state index in [2.05, 4.69) is 9.97 Å². The number of hydrogen-bond donors (Lipinski definition) is 2. The Labute approximate surface area is 125 Å². The van der Waals surface area contributed by atoms with E-state index in [-0.39, 0.29) is 11.8 Å². The summed E-state index contributed by atoms with van der Waals surface area (Å²) in [4.78, 5) is 22.6. The molecule has 1 fully saturated rings. The van der Waals surface area contributed by atoms with Crippen molar-refractivity contribution in [2.24, 2.45) is 0 Å². The molecular weight excluding hydrogens is 296 g/mol. The molecular formula is C12H18N4O4S. The average Bonchev–Trinajstić information content (AvgIpc) is 2.46. The molecule has 9 heteroatoms. The Morgan fingerprint density at radius 1 is 1.52 bits per heavy atom. The van der Waals surface area contributed by atoms with E-state index < -0.39 is 17.2 Å². The van der Waals surface area contributed by atoms with Gasteiger partial charge in [-0.25, -0.2) is 19.0 Å². The molecule has 2 heterocycles. The van der Waals surface area contributed by atoms with Gasteiger partial charge in [-0.15, -0.1) is 0 Å². The van der Waals surface area contributed by atoms with Crippen LogP contribution in [0.2, 0.25) is 0 Å². The largest absolute Gasteiger partial charge is 0.465 e. The predicted octanol–water partition coefficient (Wildman–Crippen LogP) is 0.777. The highest BCUT2D eigenvalue weighted by atomic mass is 32.2. The van der Waals surface area contributed by atoms with Gasteiger partial charge < -0.3 is 19.5 Å². The molecule has 0 spiro atoms. The van der Waals surface area contributed by atoms with Gasteiger partial charge in [0.05, 0.1) is 0 Å². The Morgan fingerprint density at radius 3 is 2.76 bits per heavy atom. The van der Waals surface area contributed by atoms with Crippen molar-refractivity contribution in [2.45, 2.75) is 24.6 Å². The van der Waals surface area contributed by atoms with Gasteiger partial charge in [0, 0.05) is 32.4 Å². The molecule has 0 saturated carbocycles. The van der Waals surface area contributed by atoms with Crippen LogP contribution in [0.3, 0.4) is 0 Å². The lowest BCUT2D eigenvalue weighted by Gasteiger charge is -2.36. The molecule has 0 aliphatic carbocycles. The van der Waals surface area contributed by atoms with Gasteiger partial charge in [0.25, 0.3) is 0 Å². The van der Waals surface area contributed by atoms with Crippen LogP contribution in [0, 0.1) is 0 Å². The second-order valence-electron chi connectivity index (χ2n) is 4.91. The predicted molar refractivity (Wildman–Crippen MR) is 77.5 cm³/mol. The second kappa shape index (κ2) is 6.81. The summed E-state index contributed by atoms with van der Waals surface area (Å²) in [6.07, 6.45) is 2.12. The van der Waals surface area contributed by atoms with Crippen LogP contribution in [-0.2, 0) is 16.8 Å². The molecule has 1 aromatic rings. The molecule has 21 heavy (non-hydrogen) atoms. The highest BCUT2D eigenvalue weighted by Crippen LogP contribution is 2.20. The molecule has 1 aliphatic rings. The number of anilines is 1. The minimum atomic E-state index is -1.96. The van der Waals surface area contributed by atoms with Crippen molar-refractivity contribution in [3.05, 3.63) is 18.1 Å². The maximum atomic E-state index is 10.9. The van der Waals surface area contributed by atoms with Crippen molar-refractivity contribution in [1.82, 2.24) is 14.9 Å². The lowest BCUT2D eigenvalue weighted by molar-refractivity contribution is 0.131. The second-order valence-corrected chi connectivity index (χ2v) is 5.84.